The zero-order valence-corrected chi connectivity index (χ0v) is 20.7. The lowest BCUT2D eigenvalue weighted by Crippen LogP contribution is -2.52. The van der Waals surface area contributed by atoms with E-state index in [0.717, 1.165) is 0 Å². The van der Waals surface area contributed by atoms with Crippen LogP contribution in [0.1, 0.15) is 43.6 Å². The number of likely N-dealkylation sites (N-methyl/N-ethyl adjacent to an activating group) is 1. The molecule has 35 heavy (non-hydrogen) atoms. The Morgan fingerprint density at radius 1 is 1.03 bits per heavy atom. The van der Waals surface area contributed by atoms with E-state index in [9.17, 15) is 24.0 Å². The zero-order chi connectivity index (χ0) is 26.4. The molecule has 1 atom stereocenters. The molecule has 1 unspecified atom stereocenters. The summed E-state index contributed by atoms with van der Waals surface area (Å²) in [5.74, 6) is -2.46. The molecular weight excluding hydrogens is 456 g/mol. The molecule has 0 aliphatic carbocycles. The molecule has 0 saturated heterocycles. The van der Waals surface area contributed by atoms with Gasteiger partial charge in [-0.3, -0.25) is 24.0 Å². The van der Waals surface area contributed by atoms with Crippen molar-refractivity contribution in [3.63, 3.8) is 0 Å². The van der Waals surface area contributed by atoms with Gasteiger partial charge < -0.3 is 37.1 Å². The summed E-state index contributed by atoms with van der Waals surface area (Å²) in [4.78, 5) is 60.6. The number of benzene rings is 1. The Morgan fingerprint density at radius 2 is 1.74 bits per heavy atom. The Labute approximate surface area is 205 Å². The van der Waals surface area contributed by atoms with E-state index in [2.05, 4.69) is 26.6 Å². The van der Waals surface area contributed by atoms with Crippen LogP contribution in [0.15, 0.2) is 18.2 Å². The fourth-order valence-electron chi connectivity index (χ4n) is 2.93. The van der Waals surface area contributed by atoms with Crippen molar-refractivity contribution in [2.24, 2.45) is 11.7 Å². The van der Waals surface area contributed by atoms with E-state index in [1.807, 2.05) is 6.92 Å². The van der Waals surface area contributed by atoms with Crippen LogP contribution in [0.25, 0.3) is 0 Å². The van der Waals surface area contributed by atoms with E-state index >= 15 is 0 Å². The predicted molar refractivity (Wildman–Crippen MR) is 130 cm³/mol. The number of rotatable bonds is 14. The van der Waals surface area contributed by atoms with Crippen LogP contribution in [-0.4, -0.2) is 68.4 Å². The summed E-state index contributed by atoms with van der Waals surface area (Å²) in [6, 6.07) is 3.76. The van der Waals surface area contributed by atoms with E-state index in [-0.39, 0.29) is 50.2 Å². The average molecular weight is 493 g/mol. The largest absolute Gasteiger partial charge is 0.461 e. The first-order chi connectivity index (χ1) is 16.6. The molecule has 0 aromatic heterocycles. The van der Waals surface area contributed by atoms with Gasteiger partial charge in [0, 0.05) is 36.8 Å². The van der Waals surface area contributed by atoms with Crippen molar-refractivity contribution >= 4 is 35.3 Å². The van der Waals surface area contributed by atoms with Crippen molar-refractivity contribution in [1.29, 1.82) is 0 Å². The number of esters is 1. The van der Waals surface area contributed by atoms with Crippen LogP contribution in [0.3, 0.4) is 0 Å². The molecule has 194 valence electrons. The third kappa shape index (κ3) is 11.0. The molecule has 0 radical (unpaired) electrons. The third-order valence-electron chi connectivity index (χ3n) is 4.72. The maximum Gasteiger partial charge on any atom is 0.302 e. The van der Waals surface area contributed by atoms with Gasteiger partial charge in [0.1, 0.15) is 12.6 Å². The normalized spacial score (nSPS) is 11.4. The molecule has 0 saturated carbocycles. The minimum Gasteiger partial charge on any atom is -0.461 e. The fraction of sp³-hybridized carbons (Fsp3) is 0.522. The molecule has 1 aromatic carbocycles. The standard InChI is InChI=1S/C23H36N6O6/c1-5-25-11-19(31)29-21(14(2)3)23(34)27-12-20(32)28-17-7-6-16(13-35-15(4)30)18(10-17)22(33)26-9-8-24/h6-7,10,14,21,25H,5,8-9,11-13,24H2,1-4H3,(H,26,33)(H,27,34)(H,28,32)(H,29,31). The summed E-state index contributed by atoms with van der Waals surface area (Å²) in [5.41, 5.74) is 6.41. The van der Waals surface area contributed by atoms with Gasteiger partial charge in [0.25, 0.3) is 5.91 Å². The number of hydrogen-bond acceptors (Lipinski definition) is 8. The highest BCUT2D eigenvalue weighted by atomic mass is 16.5. The lowest BCUT2D eigenvalue weighted by Gasteiger charge is -2.21. The summed E-state index contributed by atoms with van der Waals surface area (Å²) in [7, 11) is 0. The van der Waals surface area contributed by atoms with Crippen LogP contribution >= 0.6 is 0 Å². The van der Waals surface area contributed by atoms with E-state index in [0.29, 0.717) is 17.8 Å². The summed E-state index contributed by atoms with van der Waals surface area (Å²) in [6.07, 6.45) is 0. The molecule has 4 amide bonds. The number of carbonyl (C=O) groups is 5. The van der Waals surface area contributed by atoms with Crippen molar-refractivity contribution in [3.05, 3.63) is 29.3 Å². The average Bonchev–Trinajstić information content (AvgIpc) is 2.81. The maximum absolute atomic E-state index is 12.5. The lowest BCUT2D eigenvalue weighted by atomic mass is 10.0. The highest BCUT2D eigenvalue weighted by Gasteiger charge is 2.24. The number of hydrogen-bond donors (Lipinski definition) is 6. The minimum atomic E-state index is -0.799. The van der Waals surface area contributed by atoms with Crippen molar-refractivity contribution in [1.82, 2.24) is 21.3 Å². The molecule has 0 heterocycles. The van der Waals surface area contributed by atoms with Crippen LogP contribution in [0.2, 0.25) is 0 Å². The SMILES string of the molecule is CCNCC(=O)NC(C(=O)NCC(=O)Nc1ccc(COC(C)=O)c(C(=O)NCCN)c1)C(C)C. The van der Waals surface area contributed by atoms with Gasteiger partial charge in [-0.05, 0) is 24.6 Å². The third-order valence-corrected chi connectivity index (χ3v) is 4.72. The van der Waals surface area contributed by atoms with Gasteiger partial charge in [-0.15, -0.1) is 0 Å². The van der Waals surface area contributed by atoms with Crippen LogP contribution in [0.4, 0.5) is 5.69 Å². The van der Waals surface area contributed by atoms with Crippen molar-refractivity contribution in [2.75, 3.05) is 38.0 Å². The van der Waals surface area contributed by atoms with E-state index < -0.39 is 29.7 Å². The summed E-state index contributed by atoms with van der Waals surface area (Å²) < 4.78 is 4.99. The van der Waals surface area contributed by atoms with E-state index in [4.69, 9.17) is 10.5 Å². The number of anilines is 1. The molecule has 0 aliphatic heterocycles. The van der Waals surface area contributed by atoms with Crippen LogP contribution in [0, 0.1) is 5.92 Å². The highest BCUT2D eigenvalue weighted by molar-refractivity contribution is 5.99. The van der Waals surface area contributed by atoms with Gasteiger partial charge in [0.05, 0.1) is 13.1 Å². The second-order valence-corrected chi connectivity index (χ2v) is 8.03. The van der Waals surface area contributed by atoms with Gasteiger partial charge in [-0.2, -0.15) is 0 Å². The number of ether oxygens (including phenoxy) is 1. The maximum atomic E-state index is 12.5. The van der Waals surface area contributed by atoms with Crippen molar-refractivity contribution in [3.8, 4) is 0 Å². The van der Waals surface area contributed by atoms with Gasteiger partial charge in [0.15, 0.2) is 0 Å². The van der Waals surface area contributed by atoms with Crippen molar-refractivity contribution in [2.45, 2.75) is 40.3 Å². The van der Waals surface area contributed by atoms with Gasteiger partial charge >= 0.3 is 5.97 Å². The second-order valence-electron chi connectivity index (χ2n) is 8.03. The Hall–Kier alpha value is -3.51. The monoisotopic (exact) mass is 492 g/mol. The van der Waals surface area contributed by atoms with Crippen molar-refractivity contribution < 1.29 is 28.7 Å². The predicted octanol–water partition coefficient (Wildman–Crippen LogP) is -0.757. The topological polar surface area (TPSA) is 181 Å². The number of nitrogens with one attached hydrogen (secondary N) is 5. The van der Waals surface area contributed by atoms with Gasteiger partial charge in [-0.1, -0.05) is 26.8 Å². The molecule has 12 nitrogen and oxygen atoms in total. The summed E-state index contributed by atoms with van der Waals surface area (Å²) in [5, 5.41) is 13.3. The highest BCUT2D eigenvalue weighted by Crippen LogP contribution is 2.17. The van der Waals surface area contributed by atoms with E-state index in [1.54, 1.807) is 26.0 Å². The smallest absolute Gasteiger partial charge is 0.302 e. The molecular formula is C23H36N6O6. The van der Waals surface area contributed by atoms with Crippen LogP contribution in [-0.2, 0) is 30.5 Å². The quantitative estimate of drug-likeness (QED) is 0.183. The Morgan fingerprint density at radius 3 is 2.34 bits per heavy atom. The first kappa shape index (κ1) is 29.5. The number of nitrogens with two attached hydrogens (primary N) is 1. The summed E-state index contributed by atoms with van der Waals surface area (Å²) >= 11 is 0. The summed E-state index contributed by atoms with van der Waals surface area (Å²) in [6.45, 7) is 7.44. The second kappa shape index (κ2) is 15.4. The Balaban J connectivity index is 2.81. The van der Waals surface area contributed by atoms with Crippen LogP contribution in [0.5, 0.6) is 0 Å². The molecule has 1 rings (SSSR count). The van der Waals surface area contributed by atoms with E-state index in [1.165, 1.54) is 13.0 Å². The molecule has 0 aliphatic rings. The first-order valence-electron chi connectivity index (χ1n) is 11.4. The molecule has 7 N–H and O–H groups in total. The zero-order valence-electron chi connectivity index (χ0n) is 20.7. The molecule has 0 fully saturated rings. The fourth-order valence-corrected chi connectivity index (χ4v) is 2.93. The Bertz CT molecular complexity index is 904. The molecule has 1 aromatic rings. The van der Waals surface area contributed by atoms with Gasteiger partial charge in [0.2, 0.25) is 17.7 Å². The van der Waals surface area contributed by atoms with Gasteiger partial charge in [-0.25, -0.2) is 0 Å². The van der Waals surface area contributed by atoms with Crippen LogP contribution < -0.4 is 32.3 Å². The first-order valence-corrected chi connectivity index (χ1v) is 11.4. The number of carbonyl (C=O) groups excluding carboxylic acids is 5. The molecule has 0 spiro atoms. The lowest BCUT2D eigenvalue weighted by molar-refractivity contribution is -0.142. The molecule has 0 bridgehead atoms. The number of amides is 4. The Kier molecular flexibility index (Phi) is 13.0. The molecule has 12 heteroatoms. The minimum absolute atomic E-state index is 0.0854.